The molecule has 0 aliphatic rings. The van der Waals surface area contributed by atoms with Crippen molar-refractivity contribution >= 4 is 11.5 Å². The highest BCUT2D eigenvalue weighted by Crippen LogP contribution is 2.21. The van der Waals surface area contributed by atoms with Gasteiger partial charge in [0.25, 0.3) is 0 Å². The standard InChI is InChI=1S/C14H10N2O2/c17-14(18)13-2-1-12-9-11(5-8-16(12)13)10-3-6-15-7-4-10/h1-9H,(H,17,18). The maximum Gasteiger partial charge on any atom is 0.352 e. The zero-order valence-corrected chi connectivity index (χ0v) is 9.45. The SMILES string of the molecule is O=C(O)c1ccc2cc(-c3ccncc3)ccn12. The molecule has 0 bridgehead atoms. The zero-order chi connectivity index (χ0) is 12.5. The zero-order valence-electron chi connectivity index (χ0n) is 9.45. The molecule has 0 radical (unpaired) electrons. The second kappa shape index (κ2) is 4.00. The van der Waals surface area contributed by atoms with Gasteiger partial charge in [0.1, 0.15) is 5.69 Å². The molecule has 3 aromatic heterocycles. The first kappa shape index (κ1) is 10.5. The summed E-state index contributed by atoms with van der Waals surface area (Å²) in [5, 5.41) is 9.03. The maximum atomic E-state index is 11.0. The summed E-state index contributed by atoms with van der Waals surface area (Å²) in [5.41, 5.74) is 3.23. The van der Waals surface area contributed by atoms with Gasteiger partial charge in [0, 0.05) is 24.1 Å². The van der Waals surface area contributed by atoms with Crippen molar-refractivity contribution in [2.24, 2.45) is 0 Å². The average Bonchev–Trinajstić information content (AvgIpc) is 2.82. The molecule has 18 heavy (non-hydrogen) atoms. The van der Waals surface area contributed by atoms with Crippen LogP contribution in [0.5, 0.6) is 0 Å². The minimum Gasteiger partial charge on any atom is -0.477 e. The maximum absolute atomic E-state index is 11.0. The molecule has 4 heteroatoms. The Morgan fingerprint density at radius 2 is 1.83 bits per heavy atom. The van der Waals surface area contributed by atoms with E-state index in [1.165, 1.54) is 0 Å². The third-order valence-corrected chi connectivity index (χ3v) is 2.89. The van der Waals surface area contributed by atoms with Crippen molar-refractivity contribution < 1.29 is 9.90 Å². The summed E-state index contributed by atoms with van der Waals surface area (Å²) in [6.45, 7) is 0. The summed E-state index contributed by atoms with van der Waals surface area (Å²) >= 11 is 0. The molecule has 0 saturated carbocycles. The van der Waals surface area contributed by atoms with Crippen molar-refractivity contribution in [2.75, 3.05) is 0 Å². The van der Waals surface area contributed by atoms with E-state index >= 15 is 0 Å². The fraction of sp³-hybridized carbons (Fsp3) is 0. The lowest BCUT2D eigenvalue weighted by Crippen LogP contribution is -2.00. The number of aromatic carboxylic acids is 1. The number of nitrogens with zero attached hydrogens (tertiary/aromatic N) is 2. The Bertz CT molecular complexity index is 717. The van der Waals surface area contributed by atoms with E-state index in [1.807, 2.05) is 24.3 Å². The van der Waals surface area contributed by atoms with Crippen molar-refractivity contribution in [3.8, 4) is 11.1 Å². The van der Waals surface area contributed by atoms with E-state index in [1.54, 1.807) is 35.1 Å². The molecule has 0 atom stereocenters. The first-order chi connectivity index (χ1) is 8.75. The van der Waals surface area contributed by atoms with Crippen LogP contribution in [0.4, 0.5) is 0 Å². The predicted octanol–water partition coefficient (Wildman–Crippen LogP) is 2.70. The summed E-state index contributed by atoms with van der Waals surface area (Å²) < 4.78 is 1.66. The molecule has 0 aromatic carbocycles. The summed E-state index contributed by atoms with van der Waals surface area (Å²) in [7, 11) is 0. The van der Waals surface area contributed by atoms with Crippen LogP contribution in [0, 0.1) is 0 Å². The summed E-state index contributed by atoms with van der Waals surface area (Å²) in [4.78, 5) is 15.0. The second-order valence-electron chi connectivity index (χ2n) is 3.97. The van der Waals surface area contributed by atoms with Gasteiger partial charge in [-0.2, -0.15) is 0 Å². The Morgan fingerprint density at radius 1 is 1.06 bits per heavy atom. The molecule has 0 amide bonds. The van der Waals surface area contributed by atoms with E-state index in [-0.39, 0.29) is 5.69 Å². The third-order valence-electron chi connectivity index (χ3n) is 2.89. The van der Waals surface area contributed by atoms with Crippen LogP contribution >= 0.6 is 0 Å². The minimum absolute atomic E-state index is 0.270. The van der Waals surface area contributed by atoms with Gasteiger partial charge < -0.3 is 9.51 Å². The van der Waals surface area contributed by atoms with Crippen molar-refractivity contribution in [3.63, 3.8) is 0 Å². The van der Waals surface area contributed by atoms with E-state index in [9.17, 15) is 4.79 Å². The Kier molecular flexibility index (Phi) is 2.34. The smallest absolute Gasteiger partial charge is 0.352 e. The molecule has 4 nitrogen and oxygen atoms in total. The van der Waals surface area contributed by atoms with E-state index < -0.39 is 5.97 Å². The molecule has 3 rings (SSSR count). The highest BCUT2D eigenvalue weighted by molar-refractivity contribution is 5.88. The highest BCUT2D eigenvalue weighted by Gasteiger charge is 2.09. The van der Waals surface area contributed by atoms with Gasteiger partial charge in [-0.3, -0.25) is 4.98 Å². The van der Waals surface area contributed by atoms with E-state index in [0.717, 1.165) is 16.6 Å². The van der Waals surface area contributed by atoms with Gasteiger partial charge in [-0.1, -0.05) is 0 Å². The predicted molar refractivity (Wildman–Crippen MR) is 67.6 cm³/mol. The number of carboxylic acids is 1. The minimum atomic E-state index is -0.924. The number of carboxylic acid groups (broad SMARTS) is 1. The van der Waals surface area contributed by atoms with Crippen LogP contribution in [0.1, 0.15) is 10.5 Å². The number of rotatable bonds is 2. The molecule has 0 unspecified atom stereocenters. The Balaban J connectivity index is 2.16. The molecular formula is C14H10N2O2. The number of fused-ring (bicyclic) bond motifs is 1. The third kappa shape index (κ3) is 1.64. The lowest BCUT2D eigenvalue weighted by molar-refractivity contribution is 0.0689. The van der Waals surface area contributed by atoms with Crippen molar-refractivity contribution in [1.82, 2.24) is 9.38 Å². The highest BCUT2D eigenvalue weighted by atomic mass is 16.4. The van der Waals surface area contributed by atoms with Crippen LogP contribution in [0.15, 0.2) is 55.0 Å². The number of carbonyl (C=O) groups is 1. The Morgan fingerprint density at radius 3 is 2.56 bits per heavy atom. The van der Waals surface area contributed by atoms with Crippen LogP contribution in [-0.4, -0.2) is 20.5 Å². The van der Waals surface area contributed by atoms with Crippen LogP contribution in [-0.2, 0) is 0 Å². The topological polar surface area (TPSA) is 54.6 Å². The molecule has 3 aromatic rings. The number of pyridine rings is 2. The molecule has 3 heterocycles. The number of hydrogen-bond acceptors (Lipinski definition) is 2. The van der Waals surface area contributed by atoms with E-state index in [2.05, 4.69) is 4.98 Å². The van der Waals surface area contributed by atoms with Gasteiger partial charge in [-0.05, 0) is 47.5 Å². The average molecular weight is 238 g/mol. The van der Waals surface area contributed by atoms with Gasteiger partial charge in [0.15, 0.2) is 0 Å². The number of aromatic nitrogens is 2. The van der Waals surface area contributed by atoms with E-state index in [4.69, 9.17) is 5.11 Å². The lowest BCUT2D eigenvalue weighted by Gasteiger charge is -2.03. The fourth-order valence-corrected chi connectivity index (χ4v) is 2.01. The van der Waals surface area contributed by atoms with E-state index in [0.29, 0.717) is 0 Å². The first-order valence-electron chi connectivity index (χ1n) is 5.50. The lowest BCUT2D eigenvalue weighted by atomic mass is 10.1. The van der Waals surface area contributed by atoms with Crippen molar-refractivity contribution in [1.29, 1.82) is 0 Å². The monoisotopic (exact) mass is 238 g/mol. The number of hydrogen-bond donors (Lipinski definition) is 1. The van der Waals surface area contributed by atoms with Crippen LogP contribution in [0.25, 0.3) is 16.6 Å². The molecule has 0 aliphatic carbocycles. The largest absolute Gasteiger partial charge is 0.477 e. The molecule has 1 N–H and O–H groups in total. The summed E-state index contributed by atoms with van der Waals surface area (Å²) in [6.07, 6.45) is 5.25. The quantitative estimate of drug-likeness (QED) is 0.746. The molecular weight excluding hydrogens is 228 g/mol. The first-order valence-corrected chi connectivity index (χ1v) is 5.50. The van der Waals surface area contributed by atoms with Gasteiger partial charge in [0.05, 0.1) is 0 Å². The van der Waals surface area contributed by atoms with Gasteiger partial charge in [-0.15, -0.1) is 0 Å². The van der Waals surface area contributed by atoms with Crippen molar-refractivity contribution in [2.45, 2.75) is 0 Å². The molecule has 0 saturated heterocycles. The second-order valence-corrected chi connectivity index (χ2v) is 3.97. The molecule has 0 fully saturated rings. The van der Waals surface area contributed by atoms with Crippen molar-refractivity contribution in [3.05, 3.63) is 60.7 Å². The summed E-state index contributed by atoms with van der Waals surface area (Å²) in [6, 6.07) is 11.1. The van der Waals surface area contributed by atoms with Gasteiger partial charge in [0.2, 0.25) is 0 Å². The van der Waals surface area contributed by atoms with Gasteiger partial charge in [-0.25, -0.2) is 4.79 Å². The summed E-state index contributed by atoms with van der Waals surface area (Å²) in [5.74, 6) is -0.924. The van der Waals surface area contributed by atoms with Crippen LogP contribution in [0.2, 0.25) is 0 Å². The van der Waals surface area contributed by atoms with Crippen LogP contribution in [0.3, 0.4) is 0 Å². The Hall–Kier alpha value is -2.62. The Labute approximate surface area is 103 Å². The molecule has 0 spiro atoms. The van der Waals surface area contributed by atoms with Gasteiger partial charge >= 0.3 is 5.97 Å². The molecule has 88 valence electrons. The molecule has 0 aliphatic heterocycles. The normalized spacial score (nSPS) is 10.7. The van der Waals surface area contributed by atoms with Crippen LogP contribution < -0.4 is 0 Å². The fourth-order valence-electron chi connectivity index (χ4n) is 2.01.